The minimum Gasteiger partial charge on any atom is -0.0625 e. The summed E-state index contributed by atoms with van der Waals surface area (Å²) in [5, 5.41) is 0. The van der Waals surface area contributed by atoms with Gasteiger partial charge in [0, 0.05) is 0 Å². The Morgan fingerprint density at radius 3 is 0.208 bits per heavy atom. The standard InChI is InChI=1S/6C8H16/c6*1-7-3-5-8(2)6-4-7/h6*7-8H,3-6H2,1-2H3. The molecule has 0 aromatic rings. The van der Waals surface area contributed by atoms with Gasteiger partial charge in [0.2, 0.25) is 0 Å². The van der Waals surface area contributed by atoms with Gasteiger partial charge >= 0.3 is 0 Å². The van der Waals surface area contributed by atoms with Gasteiger partial charge in [0.15, 0.2) is 0 Å². The highest BCUT2D eigenvalue weighted by atomic mass is 14.2. The second-order valence-corrected chi connectivity index (χ2v) is 20.2. The summed E-state index contributed by atoms with van der Waals surface area (Å²) >= 11 is 0. The van der Waals surface area contributed by atoms with Crippen molar-refractivity contribution >= 4 is 0 Å². The fraction of sp³-hybridized carbons (Fsp3) is 1.00. The molecule has 0 atom stereocenters. The van der Waals surface area contributed by atoms with Crippen molar-refractivity contribution in [3.8, 4) is 0 Å². The molecule has 6 rings (SSSR count). The van der Waals surface area contributed by atoms with E-state index in [1.54, 1.807) is 0 Å². The lowest BCUT2D eigenvalue weighted by molar-refractivity contribution is 0.308. The number of hydrogen-bond donors (Lipinski definition) is 0. The summed E-state index contributed by atoms with van der Waals surface area (Å²) in [6, 6.07) is 0. The van der Waals surface area contributed by atoms with E-state index in [1.165, 1.54) is 154 Å². The monoisotopic (exact) mass is 673 g/mol. The molecule has 0 aliphatic heterocycles. The predicted molar refractivity (Wildman–Crippen MR) is 221 cm³/mol. The zero-order valence-electron chi connectivity index (χ0n) is 35.9. The highest BCUT2D eigenvalue weighted by molar-refractivity contribution is 4.69. The van der Waals surface area contributed by atoms with Crippen molar-refractivity contribution in [3.05, 3.63) is 0 Å². The molecule has 288 valence electrons. The van der Waals surface area contributed by atoms with Crippen LogP contribution in [0.4, 0.5) is 0 Å². The van der Waals surface area contributed by atoms with Crippen molar-refractivity contribution in [2.75, 3.05) is 0 Å². The van der Waals surface area contributed by atoms with Gasteiger partial charge < -0.3 is 0 Å². The Kier molecular flexibility index (Phi) is 26.5. The molecule has 0 heterocycles. The molecule has 6 aliphatic carbocycles. The topological polar surface area (TPSA) is 0 Å². The van der Waals surface area contributed by atoms with Crippen LogP contribution in [-0.4, -0.2) is 0 Å². The highest BCUT2D eigenvalue weighted by Gasteiger charge is 2.16. The van der Waals surface area contributed by atoms with E-state index in [9.17, 15) is 0 Å². The van der Waals surface area contributed by atoms with E-state index in [4.69, 9.17) is 0 Å². The van der Waals surface area contributed by atoms with Gasteiger partial charge in [-0.15, -0.1) is 0 Å². The summed E-state index contributed by atoms with van der Waals surface area (Å²) in [4.78, 5) is 0. The molecule has 0 bridgehead atoms. The summed E-state index contributed by atoms with van der Waals surface area (Å²) in [7, 11) is 0. The Morgan fingerprint density at radius 2 is 0.167 bits per heavy atom. The van der Waals surface area contributed by atoms with Crippen molar-refractivity contribution in [3.63, 3.8) is 0 Å². The van der Waals surface area contributed by atoms with Crippen LogP contribution in [0.5, 0.6) is 0 Å². The van der Waals surface area contributed by atoms with Gasteiger partial charge in [0.05, 0.1) is 0 Å². The second-order valence-electron chi connectivity index (χ2n) is 20.2. The quantitative estimate of drug-likeness (QED) is 0.240. The molecule has 6 fully saturated rings. The second kappa shape index (κ2) is 27.6. The lowest BCUT2D eigenvalue weighted by Gasteiger charge is -2.22. The van der Waals surface area contributed by atoms with Crippen LogP contribution >= 0.6 is 0 Å². The minimum atomic E-state index is 1.02. The van der Waals surface area contributed by atoms with Crippen molar-refractivity contribution in [2.24, 2.45) is 71.0 Å². The van der Waals surface area contributed by atoms with Gasteiger partial charge in [-0.2, -0.15) is 0 Å². The van der Waals surface area contributed by atoms with E-state index in [2.05, 4.69) is 83.1 Å². The van der Waals surface area contributed by atoms with Gasteiger partial charge in [0.1, 0.15) is 0 Å². The summed E-state index contributed by atoms with van der Waals surface area (Å²) < 4.78 is 0. The third-order valence-corrected chi connectivity index (χ3v) is 13.8. The van der Waals surface area contributed by atoms with Crippen LogP contribution in [0.3, 0.4) is 0 Å². The van der Waals surface area contributed by atoms with Crippen molar-refractivity contribution in [1.82, 2.24) is 0 Å². The normalized spacial score (nSPS) is 39.8. The first-order valence-electron chi connectivity index (χ1n) is 22.7. The van der Waals surface area contributed by atoms with Crippen molar-refractivity contribution in [1.29, 1.82) is 0 Å². The Morgan fingerprint density at radius 1 is 0.125 bits per heavy atom. The first-order valence-corrected chi connectivity index (χ1v) is 22.7. The van der Waals surface area contributed by atoms with Crippen molar-refractivity contribution < 1.29 is 0 Å². The van der Waals surface area contributed by atoms with Gasteiger partial charge in [-0.05, 0) is 71.0 Å². The van der Waals surface area contributed by atoms with Gasteiger partial charge in [-0.25, -0.2) is 0 Å². The van der Waals surface area contributed by atoms with E-state index in [0.717, 1.165) is 71.0 Å². The van der Waals surface area contributed by atoms with Crippen LogP contribution < -0.4 is 0 Å². The fourth-order valence-electron chi connectivity index (χ4n) is 8.56. The first kappa shape index (κ1) is 46.0. The Bertz CT molecular complexity index is 446. The zero-order chi connectivity index (χ0) is 35.9. The maximum Gasteiger partial charge on any atom is -0.0443 e. The largest absolute Gasteiger partial charge is 0.0625 e. The Hall–Kier alpha value is 0. The van der Waals surface area contributed by atoms with E-state index in [0.29, 0.717) is 0 Å². The lowest BCUT2D eigenvalue weighted by atomic mass is 9.84. The summed E-state index contributed by atoms with van der Waals surface area (Å²) in [6.45, 7) is 28.4. The Balaban J connectivity index is 0.000000288. The molecule has 0 radical (unpaired) electrons. The molecule has 0 amide bonds. The number of rotatable bonds is 0. The van der Waals surface area contributed by atoms with Gasteiger partial charge in [-0.3, -0.25) is 0 Å². The van der Waals surface area contributed by atoms with Crippen LogP contribution in [0.1, 0.15) is 237 Å². The third kappa shape index (κ3) is 25.9. The maximum absolute atomic E-state index is 2.37. The zero-order valence-corrected chi connectivity index (χ0v) is 35.9. The molecule has 0 saturated heterocycles. The Labute approximate surface area is 307 Å². The lowest BCUT2D eigenvalue weighted by Crippen LogP contribution is -2.08. The average Bonchev–Trinajstić information content (AvgIpc) is 3.07. The molecule has 0 unspecified atom stereocenters. The van der Waals surface area contributed by atoms with Crippen LogP contribution in [0.2, 0.25) is 0 Å². The van der Waals surface area contributed by atoms with Crippen LogP contribution in [0, 0.1) is 71.0 Å². The number of hydrogen-bond acceptors (Lipinski definition) is 0. The molecule has 0 aromatic carbocycles. The molecule has 0 aromatic heterocycles. The molecule has 0 nitrogen and oxygen atoms in total. The van der Waals surface area contributed by atoms with Gasteiger partial charge in [0.25, 0.3) is 0 Å². The summed E-state index contributed by atoms with van der Waals surface area (Å²) in [5.74, 6) is 12.2. The molecule has 6 saturated carbocycles. The van der Waals surface area contributed by atoms with Gasteiger partial charge in [-0.1, -0.05) is 237 Å². The molecule has 0 N–H and O–H groups in total. The van der Waals surface area contributed by atoms with E-state index < -0.39 is 0 Å². The molecule has 0 heteroatoms. The highest BCUT2D eigenvalue weighted by Crippen LogP contribution is 2.30. The van der Waals surface area contributed by atoms with E-state index in [-0.39, 0.29) is 0 Å². The maximum atomic E-state index is 2.37. The third-order valence-electron chi connectivity index (χ3n) is 13.8. The molecule has 0 spiro atoms. The van der Waals surface area contributed by atoms with E-state index in [1.807, 2.05) is 0 Å². The van der Waals surface area contributed by atoms with E-state index >= 15 is 0 Å². The van der Waals surface area contributed by atoms with Crippen LogP contribution in [0.15, 0.2) is 0 Å². The molecular weight excluding hydrogens is 577 g/mol. The fourth-order valence-corrected chi connectivity index (χ4v) is 8.56. The van der Waals surface area contributed by atoms with Crippen LogP contribution in [0.25, 0.3) is 0 Å². The predicted octanol–water partition coefficient (Wildman–Crippen LogP) is 17.0. The van der Waals surface area contributed by atoms with Crippen molar-refractivity contribution in [2.45, 2.75) is 237 Å². The molecule has 6 aliphatic rings. The average molecular weight is 673 g/mol. The smallest absolute Gasteiger partial charge is 0.0443 e. The SMILES string of the molecule is CC1CCC(C)CC1.CC1CCC(C)CC1.CC1CCC(C)CC1.CC1CCC(C)CC1.CC1CCC(C)CC1.CC1CCC(C)CC1. The molecule has 48 heavy (non-hydrogen) atoms. The summed E-state index contributed by atoms with van der Waals surface area (Å²) in [6.07, 6.45) is 35.4. The first-order chi connectivity index (χ1) is 22.7. The van der Waals surface area contributed by atoms with Crippen LogP contribution in [-0.2, 0) is 0 Å². The minimum absolute atomic E-state index is 1.02. The molecular formula is C48H96. The summed E-state index contributed by atoms with van der Waals surface area (Å²) in [5.41, 5.74) is 0.